The summed E-state index contributed by atoms with van der Waals surface area (Å²) in [5.74, 6) is 0. The van der Waals surface area contributed by atoms with Crippen LogP contribution in [0.5, 0.6) is 0 Å². The van der Waals surface area contributed by atoms with Gasteiger partial charge in [0.25, 0.3) is 0 Å². The summed E-state index contributed by atoms with van der Waals surface area (Å²) >= 11 is 7.68. The van der Waals surface area contributed by atoms with Crippen LogP contribution in [0.4, 0.5) is 0 Å². The molecule has 0 N–H and O–H groups in total. The number of rotatable bonds is 5. The Morgan fingerprint density at radius 1 is 0.169 bits per heavy atom. The van der Waals surface area contributed by atoms with Crippen molar-refractivity contribution in [2.24, 2.45) is 0 Å². The van der Waals surface area contributed by atoms with Gasteiger partial charge in [0.05, 0.1) is 74.0 Å². The van der Waals surface area contributed by atoms with E-state index in [1.54, 1.807) is 0 Å². The van der Waals surface area contributed by atoms with Crippen LogP contribution in [0.3, 0.4) is 0 Å². The lowest BCUT2D eigenvalue weighted by Gasteiger charge is -2.23. The van der Waals surface area contributed by atoms with Crippen LogP contribution >= 0.6 is 45.3 Å². The lowest BCUT2D eigenvalue weighted by atomic mass is 9.82. The minimum Gasteiger partial charge on any atom is -0.309 e. The first-order valence-corrected chi connectivity index (χ1v) is 48.0. The molecule has 0 bridgehead atoms. The van der Waals surface area contributed by atoms with E-state index in [-0.39, 0.29) is 5.41 Å². The van der Waals surface area contributed by atoms with Crippen LogP contribution in [0, 0.1) is 0 Å². The third-order valence-corrected chi connectivity index (χ3v) is 33.7. The third kappa shape index (κ3) is 9.47. The van der Waals surface area contributed by atoms with Crippen LogP contribution < -0.4 is 0 Å². The Bertz CT molecular complexity index is 9770. The largest absolute Gasteiger partial charge is 0.309 e. The summed E-state index contributed by atoms with van der Waals surface area (Å²) in [4.78, 5) is 0. The van der Waals surface area contributed by atoms with Crippen molar-refractivity contribution in [2.75, 3.05) is 0 Å². The molecular formula is C121H71N5S4. The molecule has 30 aromatic rings. The summed E-state index contributed by atoms with van der Waals surface area (Å²) in [5, 5.41) is 34.0. The fourth-order valence-corrected chi connectivity index (χ4v) is 28.7. The number of benzene rings is 21. The van der Waals surface area contributed by atoms with E-state index < -0.39 is 0 Å². The number of para-hydroxylation sites is 5. The van der Waals surface area contributed by atoms with Gasteiger partial charge in [-0.3, -0.25) is 0 Å². The maximum atomic E-state index is 2.57. The van der Waals surface area contributed by atoms with Gasteiger partial charge in [-0.1, -0.05) is 287 Å². The highest BCUT2D eigenvalue weighted by Gasteiger charge is 2.38. The van der Waals surface area contributed by atoms with Gasteiger partial charge in [0.2, 0.25) is 0 Å². The molecule has 0 saturated carbocycles. The Labute approximate surface area is 759 Å². The van der Waals surface area contributed by atoms with E-state index in [0.29, 0.717) is 0 Å². The van der Waals surface area contributed by atoms with E-state index in [0.717, 1.165) is 17.1 Å². The zero-order valence-electron chi connectivity index (χ0n) is 70.4. The molecule has 0 aliphatic heterocycles. The molecule has 1 aliphatic carbocycles. The number of hydrogen-bond donors (Lipinski definition) is 0. The zero-order valence-corrected chi connectivity index (χ0v) is 73.7. The first-order chi connectivity index (χ1) is 64.3. The van der Waals surface area contributed by atoms with Crippen LogP contribution in [0.2, 0.25) is 0 Å². The molecular weight excluding hydrogens is 1650 g/mol. The Hall–Kier alpha value is -15.5. The van der Waals surface area contributed by atoms with Crippen LogP contribution in [-0.2, 0) is 5.41 Å². The predicted octanol–water partition coefficient (Wildman–Crippen LogP) is 35.2. The summed E-state index contributed by atoms with van der Waals surface area (Å²) < 4.78 is 23.3. The number of aromatic nitrogens is 5. The van der Waals surface area contributed by atoms with Crippen molar-refractivity contribution >= 4 is 278 Å². The van der Waals surface area contributed by atoms with Crippen LogP contribution in [-0.4, -0.2) is 22.8 Å². The van der Waals surface area contributed by atoms with Crippen molar-refractivity contribution in [3.63, 3.8) is 0 Å². The van der Waals surface area contributed by atoms with Gasteiger partial charge in [0, 0.05) is 150 Å². The summed E-state index contributed by atoms with van der Waals surface area (Å²) in [5.41, 5.74) is 23.4. The number of hydrogen-bond acceptors (Lipinski definition) is 4. The van der Waals surface area contributed by atoms with Crippen molar-refractivity contribution in [1.82, 2.24) is 22.8 Å². The molecule has 0 unspecified atom stereocenters. The normalized spacial score (nSPS) is 13.1. The first-order valence-electron chi connectivity index (χ1n) is 44.8. The quantitative estimate of drug-likeness (QED) is 0.164. The minimum atomic E-state index is -0.243. The van der Waals surface area contributed by atoms with Gasteiger partial charge in [-0.2, -0.15) is 0 Å². The molecule has 21 aromatic carbocycles. The third-order valence-electron chi connectivity index (χ3n) is 29.0. The van der Waals surface area contributed by atoms with E-state index in [1.807, 2.05) is 45.3 Å². The van der Waals surface area contributed by atoms with E-state index in [4.69, 9.17) is 0 Å². The molecule has 0 saturated heterocycles. The summed E-state index contributed by atoms with van der Waals surface area (Å²) in [6.45, 7) is 4.86. The van der Waals surface area contributed by atoms with Crippen molar-refractivity contribution in [3.05, 3.63) is 405 Å². The molecule has 130 heavy (non-hydrogen) atoms. The second-order valence-electron chi connectivity index (χ2n) is 35.9. The van der Waals surface area contributed by atoms with Crippen molar-refractivity contribution in [2.45, 2.75) is 19.3 Å². The molecule has 31 rings (SSSR count). The highest BCUT2D eigenvalue weighted by molar-refractivity contribution is 7.28. The van der Waals surface area contributed by atoms with E-state index >= 15 is 0 Å². The maximum Gasteiger partial charge on any atom is 0.0726 e. The van der Waals surface area contributed by atoms with Gasteiger partial charge >= 0.3 is 0 Å². The average Bonchev–Trinajstić information content (AvgIpc) is 1.54. The standard InChI is InChI=1S/C62H35N3S2.C59H36N2S2/c1-2-16-36(17-3-1)63-51-32-30-37(64-49-26-12-8-22-43(49)55-39-18-4-6-20-41(39)57-45-24-10-14-28-53(45)66-61(57)59(55)64)34-47(51)48-35-38(31-33-52(48)63)65-50-27-13-9-23-44(50)56-40-19-5-7-21-42(40)58-46-25-11-15-29-54(46)67-62(58)60(56)65;1-59(2)45-31-33(60-47-23-11-7-19-41(47)51-37-15-3-5-17-39(37)53-43-21-9-13-25-49(43)62-57(53)55(51)60)27-29-35(45)36-30-28-34(32-46(36)59)61-48-24-12-8-20-42(48)52-38-16-4-6-18-40(38)54-44-22-10-14-26-50(44)63-58(54)56(52)61/h1-35H;3-32H,1-2H3. The Morgan fingerprint density at radius 2 is 0.392 bits per heavy atom. The monoisotopic (exact) mass is 1720 g/mol. The van der Waals surface area contributed by atoms with Crippen LogP contribution in [0.1, 0.15) is 25.0 Å². The molecule has 0 spiro atoms. The van der Waals surface area contributed by atoms with Gasteiger partial charge < -0.3 is 22.8 Å². The number of nitrogens with zero attached hydrogens (tertiary/aromatic N) is 5. The van der Waals surface area contributed by atoms with E-state index in [1.165, 1.54) is 266 Å². The smallest absolute Gasteiger partial charge is 0.0726 e. The Balaban J connectivity index is 0.000000126. The molecule has 604 valence electrons. The first kappa shape index (κ1) is 71.7. The predicted molar refractivity (Wildman–Crippen MR) is 564 cm³/mol. The van der Waals surface area contributed by atoms with Crippen molar-refractivity contribution in [1.29, 1.82) is 0 Å². The average molecular weight is 1720 g/mol. The molecule has 9 heterocycles. The van der Waals surface area contributed by atoms with Crippen molar-refractivity contribution in [3.8, 4) is 39.6 Å². The van der Waals surface area contributed by atoms with Gasteiger partial charge in [-0.25, -0.2) is 0 Å². The molecule has 1 aliphatic rings. The highest BCUT2D eigenvalue weighted by atomic mass is 32.1. The SMILES string of the molecule is CC1(C)c2cc(-n3c4ccccc4c4c5ccccc5c5c6ccccc6sc5c43)ccc2-c2ccc(-n3c4ccccc4c4c5ccccc5c5c6ccccc6sc5c43)cc21.c1ccc(-n2c3ccc(-n4c5ccccc5c5c6ccccc6c6c7ccccc7sc6c54)cc3c3cc(-n4c5ccccc5c5c6ccccc6c6c7ccccc7sc6c54)ccc32)cc1. The lowest BCUT2D eigenvalue weighted by Crippen LogP contribution is -2.16. The van der Waals surface area contributed by atoms with Gasteiger partial charge in [0.1, 0.15) is 0 Å². The van der Waals surface area contributed by atoms with E-state index in [9.17, 15) is 0 Å². The van der Waals surface area contributed by atoms with Crippen LogP contribution in [0.25, 0.3) is 272 Å². The second kappa shape index (κ2) is 26.4. The summed E-state index contributed by atoms with van der Waals surface area (Å²) in [7, 11) is 0. The molecule has 9 heteroatoms. The minimum absolute atomic E-state index is 0.243. The zero-order chi connectivity index (χ0) is 84.8. The van der Waals surface area contributed by atoms with Crippen LogP contribution in [0.15, 0.2) is 394 Å². The maximum absolute atomic E-state index is 2.57. The fraction of sp³-hybridized carbons (Fsp3) is 0.0248. The molecule has 0 amide bonds. The Morgan fingerprint density at radius 3 is 0.685 bits per heavy atom. The van der Waals surface area contributed by atoms with Gasteiger partial charge in [0.15, 0.2) is 0 Å². The summed E-state index contributed by atoms with van der Waals surface area (Å²) in [6, 6.07) is 148. The molecule has 0 atom stereocenters. The second-order valence-corrected chi connectivity index (χ2v) is 40.1. The summed E-state index contributed by atoms with van der Waals surface area (Å²) in [6.07, 6.45) is 0. The molecule has 9 aromatic heterocycles. The number of thiophene rings is 4. The van der Waals surface area contributed by atoms with Gasteiger partial charge in [-0.15, -0.1) is 45.3 Å². The lowest BCUT2D eigenvalue weighted by molar-refractivity contribution is 0.659. The number of fused-ring (bicyclic) bond motifs is 46. The fourth-order valence-electron chi connectivity index (χ4n) is 23.7. The topological polar surface area (TPSA) is 24.6 Å². The van der Waals surface area contributed by atoms with E-state index in [2.05, 4.69) is 431 Å². The Kier molecular flexibility index (Phi) is 14.5. The molecule has 5 nitrogen and oxygen atoms in total. The molecule has 0 fully saturated rings. The van der Waals surface area contributed by atoms with Gasteiger partial charge in [-0.05, 0) is 187 Å². The van der Waals surface area contributed by atoms with Crippen molar-refractivity contribution < 1.29 is 0 Å². The molecule has 0 radical (unpaired) electrons. The highest BCUT2D eigenvalue weighted by Crippen LogP contribution is 2.57.